The zero-order valence-electron chi connectivity index (χ0n) is 21.1. The van der Waals surface area contributed by atoms with Gasteiger partial charge < -0.3 is 16.2 Å². The van der Waals surface area contributed by atoms with Crippen molar-refractivity contribution >= 4 is 56.8 Å². The topological polar surface area (TPSA) is 131 Å². The molecule has 38 heavy (non-hydrogen) atoms. The second-order valence-electron chi connectivity index (χ2n) is 9.65. The fourth-order valence-electron chi connectivity index (χ4n) is 4.86. The van der Waals surface area contributed by atoms with Gasteiger partial charge in [-0.25, -0.2) is 4.99 Å². The number of nitrogens with zero attached hydrogens (tertiary/aromatic N) is 4. The Labute approximate surface area is 230 Å². The lowest BCUT2D eigenvalue weighted by atomic mass is 9.90. The SMILES string of the molecule is CN/C(=C1/N=CN(CC2(O)CCN(Cc3cc4nccc(Cl)c4s3)CC2)C(=O)C1=N)c1ccc(CN)cc1. The number of thiophene rings is 1. The highest BCUT2D eigenvalue weighted by molar-refractivity contribution is 7.19. The number of pyridine rings is 1. The number of amides is 1. The largest absolute Gasteiger partial charge is 0.388 e. The van der Waals surface area contributed by atoms with Crippen LogP contribution in [0.25, 0.3) is 15.9 Å². The molecule has 0 bridgehead atoms. The van der Waals surface area contributed by atoms with E-state index in [-0.39, 0.29) is 18.0 Å². The van der Waals surface area contributed by atoms with Crippen molar-refractivity contribution in [2.24, 2.45) is 10.7 Å². The number of rotatable bonds is 7. The van der Waals surface area contributed by atoms with E-state index in [1.165, 1.54) is 16.1 Å². The number of aliphatic hydroxyl groups is 1. The van der Waals surface area contributed by atoms with E-state index >= 15 is 0 Å². The molecule has 0 saturated carbocycles. The number of nitrogens with one attached hydrogen (secondary N) is 2. The predicted molar refractivity (Wildman–Crippen MR) is 152 cm³/mol. The van der Waals surface area contributed by atoms with Crippen molar-refractivity contribution in [3.8, 4) is 0 Å². The molecular formula is C27H30ClN7O2S. The Hall–Kier alpha value is -3.15. The number of carbonyl (C=O) groups is 1. The van der Waals surface area contributed by atoms with E-state index < -0.39 is 11.5 Å². The molecule has 1 fully saturated rings. The van der Waals surface area contributed by atoms with Gasteiger partial charge in [-0.15, -0.1) is 11.3 Å². The van der Waals surface area contributed by atoms with Crippen molar-refractivity contribution in [2.75, 3.05) is 26.7 Å². The minimum absolute atomic E-state index is 0.0985. The first-order chi connectivity index (χ1) is 18.3. The summed E-state index contributed by atoms with van der Waals surface area (Å²) < 4.78 is 0.991. The molecule has 2 aliphatic rings. The Bertz CT molecular complexity index is 1420. The molecule has 3 aromatic rings. The maximum Gasteiger partial charge on any atom is 0.279 e. The molecule has 198 valence electrons. The van der Waals surface area contributed by atoms with Crippen LogP contribution in [0, 0.1) is 5.41 Å². The standard InChI is InChI=1S/C27H30ClN7O2S/c1-31-23(18-4-2-17(13-29)3-5-18)24-22(30)26(36)35(16-33-24)15-27(37)7-10-34(11-8-27)14-19-12-21-25(38-19)20(28)6-9-32-21/h2-6,9,12,16,30-31,37H,7-8,10-11,13-15,29H2,1H3/b24-23+,30-22?. The number of hydrogen-bond donors (Lipinski definition) is 4. The number of carbonyl (C=O) groups excluding carboxylic acids is 1. The first kappa shape index (κ1) is 26.5. The highest BCUT2D eigenvalue weighted by atomic mass is 35.5. The number of piperidine rings is 1. The van der Waals surface area contributed by atoms with Gasteiger partial charge in [0, 0.05) is 44.3 Å². The lowest BCUT2D eigenvalue weighted by Gasteiger charge is -2.40. The van der Waals surface area contributed by atoms with Crippen LogP contribution in [0.5, 0.6) is 0 Å². The molecule has 0 spiro atoms. The second kappa shape index (κ2) is 10.9. The van der Waals surface area contributed by atoms with Gasteiger partial charge >= 0.3 is 0 Å². The van der Waals surface area contributed by atoms with Crippen molar-refractivity contribution in [3.63, 3.8) is 0 Å². The zero-order valence-corrected chi connectivity index (χ0v) is 22.6. The van der Waals surface area contributed by atoms with Crippen molar-refractivity contribution in [2.45, 2.75) is 31.5 Å². The summed E-state index contributed by atoms with van der Waals surface area (Å²) in [6.07, 6.45) is 4.17. The van der Waals surface area contributed by atoms with Gasteiger partial charge in [-0.05, 0) is 36.1 Å². The molecule has 1 saturated heterocycles. The minimum Gasteiger partial charge on any atom is -0.388 e. The van der Waals surface area contributed by atoms with Crippen LogP contribution in [-0.4, -0.2) is 70.1 Å². The molecular weight excluding hydrogens is 522 g/mol. The van der Waals surface area contributed by atoms with E-state index in [2.05, 4.69) is 26.3 Å². The van der Waals surface area contributed by atoms with Gasteiger partial charge in [0.05, 0.1) is 39.4 Å². The monoisotopic (exact) mass is 551 g/mol. The number of hydrogen-bond acceptors (Lipinski definition) is 9. The Balaban J connectivity index is 1.24. The molecule has 0 unspecified atom stereocenters. The number of nitrogens with two attached hydrogens (primary N) is 1. The summed E-state index contributed by atoms with van der Waals surface area (Å²) in [6.45, 7) is 2.68. The van der Waals surface area contributed by atoms with Crippen LogP contribution >= 0.6 is 22.9 Å². The van der Waals surface area contributed by atoms with Gasteiger partial charge in [0.15, 0.2) is 0 Å². The van der Waals surface area contributed by atoms with E-state index in [0.717, 1.165) is 27.9 Å². The smallest absolute Gasteiger partial charge is 0.279 e. The van der Waals surface area contributed by atoms with Crippen LogP contribution in [0.2, 0.25) is 5.02 Å². The first-order valence-electron chi connectivity index (χ1n) is 12.4. The van der Waals surface area contributed by atoms with Gasteiger partial charge in [0.2, 0.25) is 0 Å². The van der Waals surface area contributed by atoms with Crippen LogP contribution < -0.4 is 11.1 Å². The van der Waals surface area contributed by atoms with Crippen molar-refractivity contribution in [1.82, 2.24) is 20.1 Å². The third-order valence-electron chi connectivity index (χ3n) is 7.05. The number of aliphatic imine (C=N–C) groups is 1. The number of fused-ring (bicyclic) bond motifs is 1. The molecule has 11 heteroatoms. The van der Waals surface area contributed by atoms with Gasteiger partial charge in [0.25, 0.3) is 5.91 Å². The summed E-state index contributed by atoms with van der Waals surface area (Å²) in [4.78, 5) is 26.8. The number of β-amino-alcohol motifs (C(OH)–C–C–N with tert-alkyl or cyclic N) is 1. The predicted octanol–water partition coefficient (Wildman–Crippen LogP) is 3.21. The zero-order chi connectivity index (χ0) is 26.9. The van der Waals surface area contributed by atoms with Crippen molar-refractivity contribution in [1.29, 1.82) is 5.41 Å². The van der Waals surface area contributed by atoms with Crippen LogP contribution in [0.1, 0.15) is 28.8 Å². The summed E-state index contributed by atoms with van der Waals surface area (Å²) in [6, 6.07) is 11.5. The lowest BCUT2D eigenvalue weighted by Crippen LogP contribution is -2.53. The second-order valence-corrected chi connectivity index (χ2v) is 11.2. The van der Waals surface area contributed by atoms with E-state index in [4.69, 9.17) is 22.7 Å². The highest BCUT2D eigenvalue weighted by Gasteiger charge is 2.38. The minimum atomic E-state index is -1.05. The van der Waals surface area contributed by atoms with Gasteiger partial charge in [-0.3, -0.25) is 25.0 Å². The van der Waals surface area contributed by atoms with Crippen molar-refractivity contribution in [3.05, 3.63) is 69.3 Å². The molecule has 2 aromatic heterocycles. The number of aromatic nitrogens is 1. The normalized spacial score (nSPS) is 19.3. The Morgan fingerprint density at radius 3 is 2.66 bits per heavy atom. The third-order valence-corrected chi connectivity index (χ3v) is 8.62. The number of benzene rings is 1. The van der Waals surface area contributed by atoms with E-state index in [1.807, 2.05) is 24.3 Å². The van der Waals surface area contributed by atoms with E-state index in [0.29, 0.717) is 43.2 Å². The van der Waals surface area contributed by atoms with Gasteiger partial charge in [-0.1, -0.05) is 35.9 Å². The fourth-order valence-corrected chi connectivity index (χ4v) is 6.19. The van der Waals surface area contributed by atoms with E-state index in [9.17, 15) is 9.90 Å². The Morgan fingerprint density at radius 2 is 2.00 bits per heavy atom. The summed E-state index contributed by atoms with van der Waals surface area (Å²) in [7, 11) is 1.74. The number of likely N-dealkylation sites (tertiary alicyclic amines) is 1. The molecule has 1 amide bonds. The Kier molecular flexibility index (Phi) is 7.60. The molecule has 0 radical (unpaired) electrons. The van der Waals surface area contributed by atoms with Gasteiger partial charge in [0.1, 0.15) is 11.4 Å². The molecule has 2 aliphatic heterocycles. The van der Waals surface area contributed by atoms with E-state index in [1.54, 1.807) is 30.6 Å². The fraction of sp³-hybridized carbons (Fsp3) is 0.333. The molecule has 4 heterocycles. The molecule has 0 aliphatic carbocycles. The molecule has 1 aromatic carbocycles. The number of halogens is 1. The highest BCUT2D eigenvalue weighted by Crippen LogP contribution is 2.32. The third kappa shape index (κ3) is 5.36. The molecule has 5 rings (SSSR count). The first-order valence-corrected chi connectivity index (χ1v) is 13.6. The van der Waals surface area contributed by atoms with Crippen LogP contribution in [0.15, 0.2) is 53.3 Å². The van der Waals surface area contributed by atoms with Gasteiger partial charge in [-0.2, -0.15) is 0 Å². The molecule has 0 atom stereocenters. The van der Waals surface area contributed by atoms with Crippen LogP contribution in [0.3, 0.4) is 0 Å². The Morgan fingerprint density at radius 1 is 1.26 bits per heavy atom. The summed E-state index contributed by atoms with van der Waals surface area (Å²) in [5.41, 5.74) is 8.00. The van der Waals surface area contributed by atoms with Crippen LogP contribution in [-0.2, 0) is 17.9 Å². The maximum absolute atomic E-state index is 13.1. The average Bonchev–Trinajstić information content (AvgIpc) is 3.34. The van der Waals surface area contributed by atoms with Crippen LogP contribution in [0.4, 0.5) is 0 Å². The molecule has 9 nitrogen and oxygen atoms in total. The van der Waals surface area contributed by atoms with Crippen molar-refractivity contribution < 1.29 is 9.90 Å². The quantitative estimate of drug-likeness (QED) is 0.356. The molecule has 5 N–H and O–H groups in total. The average molecular weight is 552 g/mol. The summed E-state index contributed by atoms with van der Waals surface area (Å²) in [5, 5.41) is 23.6. The summed E-state index contributed by atoms with van der Waals surface area (Å²) >= 11 is 7.94. The summed E-state index contributed by atoms with van der Waals surface area (Å²) in [5.74, 6) is -0.480. The maximum atomic E-state index is 13.1. The lowest BCUT2D eigenvalue weighted by molar-refractivity contribution is -0.124.